The smallest absolute Gasteiger partial charge is 0.310 e. The third kappa shape index (κ3) is 6.81. The van der Waals surface area contributed by atoms with Crippen LogP contribution in [0.5, 0.6) is 0 Å². The van der Waals surface area contributed by atoms with E-state index in [1.807, 2.05) is 0 Å². The van der Waals surface area contributed by atoms with Crippen LogP contribution in [0.3, 0.4) is 0 Å². The lowest BCUT2D eigenvalue weighted by atomic mass is 9.98. The zero-order chi connectivity index (χ0) is 23.8. The number of esters is 1. The number of rotatable bonds is 8. The van der Waals surface area contributed by atoms with Crippen LogP contribution in [0.4, 0.5) is 4.39 Å². The van der Waals surface area contributed by atoms with Crippen LogP contribution < -0.4 is 0 Å². The topological polar surface area (TPSA) is 92.7 Å². The van der Waals surface area contributed by atoms with E-state index in [1.54, 1.807) is 30.9 Å². The number of carbonyl (C=O) groups is 3. The van der Waals surface area contributed by atoms with Crippen molar-refractivity contribution >= 4 is 17.8 Å². The second kappa shape index (κ2) is 11.5. The maximum Gasteiger partial charge on any atom is 0.310 e. The SMILES string of the molecule is CCOC(=O)C1CCCN(C(=O)CCN(Cc2ccc(F)cc2)C(=O)c2cnc(C)cn2)C1. The zero-order valence-electron chi connectivity index (χ0n) is 19.0. The fraction of sp³-hybridized carbons (Fsp3) is 0.458. The van der Waals surface area contributed by atoms with E-state index in [2.05, 4.69) is 9.97 Å². The summed E-state index contributed by atoms with van der Waals surface area (Å²) in [6.07, 6.45) is 4.45. The van der Waals surface area contributed by atoms with Crippen molar-refractivity contribution in [1.29, 1.82) is 0 Å². The Kier molecular flexibility index (Phi) is 8.46. The molecule has 0 radical (unpaired) electrons. The van der Waals surface area contributed by atoms with Crippen LogP contribution in [0.2, 0.25) is 0 Å². The van der Waals surface area contributed by atoms with Gasteiger partial charge >= 0.3 is 5.97 Å². The van der Waals surface area contributed by atoms with E-state index < -0.39 is 0 Å². The van der Waals surface area contributed by atoms with Gasteiger partial charge in [-0.15, -0.1) is 0 Å². The molecule has 2 heterocycles. The highest BCUT2D eigenvalue weighted by Crippen LogP contribution is 2.19. The number of hydrogen-bond acceptors (Lipinski definition) is 6. The number of nitrogens with zero attached hydrogens (tertiary/aromatic N) is 4. The van der Waals surface area contributed by atoms with E-state index in [0.29, 0.717) is 31.8 Å². The number of hydrogen-bond donors (Lipinski definition) is 0. The molecule has 0 bridgehead atoms. The molecule has 9 heteroatoms. The fourth-order valence-electron chi connectivity index (χ4n) is 3.77. The Morgan fingerprint density at radius 1 is 1.18 bits per heavy atom. The van der Waals surface area contributed by atoms with Crippen molar-refractivity contribution in [3.8, 4) is 0 Å². The monoisotopic (exact) mass is 456 g/mol. The number of aromatic nitrogens is 2. The van der Waals surface area contributed by atoms with E-state index in [1.165, 1.54) is 29.4 Å². The Balaban J connectivity index is 1.68. The summed E-state index contributed by atoms with van der Waals surface area (Å²) in [5.74, 6) is -1.44. The van der Waals surface area contributed by atoms with Gasteiger partial charge in [-0.05, 0) is 44.4 Å². The third-order valence-corrected chi connectivity index (χ3v) is 5.56. The summed E-state index contributed by atoms with van der Waals surface area (Å²) < 4.78 is 18.4. The quantitative estimate of drug-likeness (QED) is 0.567. The van der Waals surface area contributed by atoms with Crippen molar-refractivity contribution < 1.29 is 23.5 Å². The minimum Gasteiger partial charge on any atom is -0.466 e. The molecule has 3 rings (SSSR count). The number of likely N-dealkylation sites (tertiary alicyclic amines) is 1. The molecule has 1 saturated heterocycles. The minimum atomic E-state index is -0.363. The molecule has 8 nitrogen and oxygen atoms in total. The van der Waals surface area contributed by atoms with Crippen LogP contribution in [-0.4, -0.2) is 63.8 Å². The molecular weight excluding hydrogens is 427 g/mol. The Hall–Kier alpha value is -3.36. The fourth-order valence-corrected chi connectivity index (χ4v) is 3.77. The Morgan fingerprint density at radius 3 is 2.61 bits per heavy atom. The molecular formula is C24H29FN4O4. The number of ether oxygens (including phenoxy) is 1. The van der Waals surface area contributed by atoms with E-state index in [0.717, 1.165) is 12.0 Å². The predicted molar refractivity (Wildman–Crippen MR) is 118 cm³/mol. The number of benzene rings is 1. The summed E-state index contributed by atoms with van der Waals surface area (Å²) in [6, 6.07) is 5.87. The van der Waals surface area contributed by atoms with Gasteiger partial charge in [0.1, 0.15) is 11.5 Å². The Bertz CT molecular complexity index is 965. The van der Waals surface area contributed by atoms with Crippen LogP contribution in [0.15, 0.2) is 36.7 Å². The highest BCUT2D eigenvalue weighted by Gasteiger charge is 2.29. The van der Waals surface area contributed by atoms with Gasteiger partial charge in [0.05, 0.1) is 24.4 Å². The second-order valence-corrected chi connectivity index (χ2v) is 8.08. The summed E-state index contributed by atoms with van der Waals surface area (Å²) >= 11 is 0. The molecule has 1 aliphatic rings. The lowest BCUT2D eigenvalue weighted by Crippen LogP contribution is -2.44. The summed E-state index contributed by atoms with van der Waals surface area (Å²) in [4.78, 5) is 49.5. The van der Waals surface area contributed by atoms with Crippen LogP contribution in [0, 0.1) is 18.7 Å². The molecule has 1 aromatic carbocycles. The molecule has 2 amide bonds. The van der Waals surface area contributed by atoms with E-state index in [-0.39, 0.29) is 54.7 Å². The molecule has 1 unspecified atom stereocenters. The molecule has 0 spiro atoms. The normalized spacial score (nSPS) is 15.7. The van der Waals surface area contributed by atoms with Crippen LogP contribution in [0.1, 0.15) is 47.9 Å². The lowest BCUT2D eigenvalue weighted by molar-refractivity contribution is -0.151. The number of carbonyl (C=O) groups excluding carboxylic acids is 3. The van der Waals surface area contributed by atoms with Crippen molar-refractivity contribution in [2.75, 3.05) is 26.2 Å². The van der Waals surface area contributed by atoms with Crippen molar-refractivity contribution in [2.24, 2.45) is 5.92 Å². The first-order chi connectivity index (χ1) is 15.9. The molecule has 0 aliphatic carbocycles. The van der Waals surface area contributed by atoms with Crippen LogP contribution in [-0.2, 0) is 20.9 Å². The average molecular weight is 457 g/mol. The first-order valence-corrected chi connectivity index (χ1v) is 11.1. The minimum absolute atomic E-state index is 0.0990. The van der Waals surface area contributed by atoms with Crippen molar-refractivity contribution in [3.05, 3.63) is 59.4 Å². The Labute approximate surface area is 192 Å². The third-order valence-electron chi connectivity index (χ3n) is 5.56. The summed E-state index contributed by atoms with van der Waals surface area (Å²) in [6.45, 7) is 5.11. The second-order valence-electron chi connectivity index (χ2n) is 8.08. The van der Waals surface area contributed by atoms with E-state index in [9.17, 15) is 18.8 Å². The number of halogens is 1. The van der Waals surface area contributed by atoms with Gasteiger partial charge in [-0.3, -0.25) is 19.4 Å². The van der Waals surface area contributed by atoms with Crippen LogP contribution in [0.25, 0.3) is 0 Å². The molecule has 1 fully saturated rings. The summed E-state index contributed by atoms with van der Waals surface area (Å²) in [7, 11) is 0. The molecule has 33 heavy (non-hydrogen) atoms. The van der Waals surface area contributed by atoms with Gasteiger partial charge in [0.2, 0.25) is 5.91 Å². The molecule has 1 aliphatic heterocycles. The van der Waals surface area contributed by atoms with Gasteiger partial charge in [0, 0.05) is 38.8 Å². The highest BCUT2D eigenvalue weighted by atomic mass is 19.1. The van der Waals surface area contributed by atoms with Gasteiger partial charge in [-0.25, -0.2) is 9.37 Å². The number of aryl methyl sites for hydroxylation is 1. The maximum atomic E-state index is 13.3. The highest BCUT2D eigenvalue weighted by molar-refractivity contribution is 5.92. The molecule has 1 aromatic heterocycles. The summed E-state index contributed by atoms with van der Waals surface area (Å²) in [5, 5.41) is 0. The standard InChI is InChI=1S/C24H29FN4O4/c1-3-33-24(32)19-5-4-11-28(16-19)22(30)10-12-29(15-18-6-8-20(25)9-7-18)23(31)21-14-26-17(2)13-27-21/h6-9,13-14,19H,3-5,10-12,15-16H2,1-2H3. The zero-order valence-corrected chi connectivity index (χ0v) is 19.0. The van der Waals surface area contributed by atoms with Crippen molar-refractivity contribution in [2.45, 2.75) is 39.7 Å². The van der Waals surface area contributed by atoms with E-state index >= 15 is 0 Å². The molecule has 0 N–H and O–H groups in total. The molecule has 0 saturated carbocycles. The number of amides is 2. The van der Waals surface area contributed by atoms with Gasteiger partial charge in [-0.1, -0.05) is 12.1 Å². The van der Waals surface area contributed by atoms with Crippen LogP contribution >= 0.6 is 0 Å². The van der Waals surface area contributed by atoms with Gasteiger partial charge in [0.15, 0.2) is 0 Å². The average Bonchev–Trinajstić information content (AvgIpc) is 2.83. The maximum absolute atomic E-state index is 13.3. The largest absolute Gasteiger partial charge is 0.466 e. The predicted octanol–water partition coefficient (Wildman–Crippen LogP) is 2.76. The lowest BCUT2D eigenvalue weighted by Gasteiger charge is -2.32. The van der Waals surface area contributed by atoms with Gasteiger partial charge in [0.25, 0.3) is 5.91 Å². The van der Waals surface area contributed by atoms with Gasteiger partial charge < -0.3 is 14.5 Å². The van der Waals surface area contributed by atoms with E-state index in [4.69, 9.17) is 4.74 Å². The summed E-state index contributed by atoms with van der Waals surface area (Å²) in [5.41, 5.74) is 1.60. The first-order valence-electron chi connectivity index (χ1n) is 11.1. The first kappa shape index (κ1) is 24.3. The molecule has 1 atom stereocenters. The van der Waals surface area contributed by atoms with Gasteiger partial charge in [-0.2, -0.15) is 0 Å². The molecule has 2 aromatic rings. The van der Waals surface area contributed by atoms with Crippen molar-refractivity contribution in [1.82, 2.24) is 19.8 Å². The van der Waals surface area contributed by atoms with Crippen molar-refractivity contribution in [3.63, 3.8) is 0 Å². The molecule has 176 valence electrons. The number of piperidine rings is 1. The Morgan fingerprint density at radius 2 is 1.94 bits per heavy atom.